The third-order valence-electron chi connectivity index (χ3n) is 5.24. The van der Waals surface area contributed by atoms with E-state index < -0.39 is 6.09 Å². The molecule has 0 bridgehead atoms. The van der Waals surface area contributed by atoms with Gasteiger partial charge in [-0.25, -0.2) is 14.6 Å². The van der Waals surface area contributed by atoms with Gasteiger partial charge in [-0.15, -0.1) is 0 Å². The summed E-state index contributed by atoms with van der Waals surface area (Å²) in [6.45, 7) is 7.66. The van der Waals surface area contributed by atoms with Gasteiger partial charge in [0, 0.05) is 13.0 Å². The molecule has 3 unspecified atom stereocenters. The molecule has 0 aromatic carbocycles. The van der Waals surface area contributed by atoms with Crippen molar-refractivity contribution in [2.75, 3.05) is 39.5 Å². The monoisotopic (exact) mass is 527 g/mol. The Hall–Kier alpha value is -2.67. The fourth-order valence-corrected chi connectivity index (χ4v) is 3.18. The van der Waals surface area contributed by atoms with Crippen LogP contribution in [0, 0.1) is 11.5 Å². The van der Waals surface area contributed by atoms with Gasteiger partial charge < -0.3 is 29.0 Å². The quantitative estimate of drug-likeness (QED) is 0.0642. The standard InChI is InChI=1S/C26H45N3O8/c1-22(35-19-24(3)37-25(31)13-9-5-4-6-10-14-28-21-30)17-34-23(2)18-36-26(32)29-15-11-7-8-12-16-33-20-27/h22-24H,4-19H2,1-3H3,(H,29,32). The molecule has 11 heteroatoms. The Bertz CT molecular complexity index is 679. The van der Waals surface area contributed by atoms with Crippen LogP contribution in [-0.4, -0.2) is 76.0 Å². The van der Waals surface area contributed by atoms with Gasteiger partial charge in [0.15, 0.2) is 0 Å². The molecule has 0 radical (unpaired) electrons. The van der Waals surface area contributed by atoms with Gasteiger partial charge >= 0.3 is 12.1 Å². The van der Waals surface area contributed by atoms with E-state index in [1.54, 1.807) is 13.2 Å². The van der Waals surface area contributed by atoms with E-state index >= 15 is 0 Å². The van der Waals surface area contributed by atoms with E-state index in [9.17, 15) is 14.4 Å². The van der Waals surface area contributed by atoms with Crippen molar-refractivity contribution >= 4 is 18.1 Å². The fraction of sp³-hybridized carbons (Fsp3) is 0.846. The van der Waals surface area contributed by atoms with Crippen molar-refractivity contribution in [3.05, 3.63) is 0 Å². The third-order valence-corrected chi connectivity index (χ3v) is 5.24. The molecule has 0 heterocycles. The molecule has 0 spiro atoms. The van der Waals surface area contributed by atoms with Crippen molar-refractivity contribution in [2.24, 2.45) is 4.99 Å². The number of unbranched alkanes of at least 4 members (excludes halogenated alkanes) is 7. The van der Waals surface area contributed by atoms with Gasteiger partial charge in [0.05, 0.1) is 32.0 Å². The summed E-state index contributed by atoms with van der Waals surface area (Å²) in [4.78, 5) is 37.2. The zero-order valence-electron chi connectivity index (χ0n) is 22.7. The largest absolute Gasteiger partial charge is 0.460 e. The highest BCUT2D eigenvalue weighted by Crippen LogP contribution is 2.08. The molecule has 0 aliphatic rings. The van der Waals surface area contributed by atoms with Gasteiger partial charge in [-0.05, 0) is 52.9 Å². The lowest BCUT2D eigenvalue weighted by Gasteiger charge is -2.20. The highest BCUT2D eigenvalue weighted by atomic mass is 16.6. The summed E-state index contributed by atoms with van der Waals surface area (Å²) in [6.07, 6.45) is 10.3. The maximum Gasteiger partial charge on any atom is 0.407 e. The number of alkyl carbamates (subject to hydrolysis) is 1. The molecule has 0 saturated carbocycles. The fourth-order valence-electron chi connectivity index (χ4n) is 3.18. The summed E-state index contributed by atoms with van der Waals surface area (Å²) in [5, 5.41) is 11.0. The third kappa shape index (κ3) is 24.8. The van der Waals surface area contributed by atoms with Crippen molar-refractivity contribution < 1.29 is 38.1 Å². The second-order valence-electron chi connectivity index (χ2n) is 8.96. The Morgan fingerprint density at radius 3 is 2.19 bits per heavy atom. The average molecular weight is 528 g/mol. The number of hydrogen-bond acceptors (Lipinski definition) is 10. The molecule has 3 atom stereocenters. The lowest BCUT2D eigenvalue weighted by Crippen LogP contribution is -2.30. The number of nitrogens with one attached hydrogen (secondary N) is 1. The van der Waals surface area contributed by atoms with E-state index in [1.807, 2.05) is 13.8 Å². The van der Waals surface area contributed by atoms with Crippen LogP contribution in [0.3, 0.4) is 0 Å². The van der Waals surface area contributed by atoms with Gasteiger partial charge in [0.2, 0.25) is 6.08 Å². The first-order valence-corrected chi connectivity index (χ1v) is 13.3. The molecular weight excluding hydrogens is 482 g/mol. The van der Waals surface area contributed by atoms with Crippen LogP contribution in [0.15, 0.2) is 4.99 Å². The molecule has 0 rings (SSSR count). The smallest absolute Gasteiger partial charge is 0.407 e. The molecule has 11 nitrogen and oxygen atoms in total. The number of esters is 1. The number of ether oxygens (including phenoxy) is 5. The van der Waals surface area contributed by atoms with E-state index in [4.69, 9.17) is 24.2 Å². The molecule has 0 aromatic heterocycles. The van der Waals surface area contributed by atoms with Crippen LogP contribution >= 0.6 is 0 Å². The number of hydrogen-bond donors (Lipinski definition) is 1. The zero-order valence-corrected chi connectivity index (χ0v) is 22.7. The number of aliphatic imine (C=N–C) groups is 1. The topological polar surface area (TPSA) is 146 Å². The minimum atomic E-state index is -0.479. The van der Waals surface area contributed by atoms with Crippen LogP contribution in [0.5, 0.6) is 0 Å². The summed E-state index contributed by atoms with van der Waals surface area (Å²) >= 11 is 0. The Kier molecular flexibility index (Phi) is 23.2. The van der Waals surface area contributed by atoms with Gasteiger partial charge in [-0.2, -0.15) is 5.26 Å². The van der Waals surface area contributed by atoms with Crippen molar-refractivity contribution in [1.29, 1.82) is 5.26 Å². The van der Waals surface area contributed by atoms with Crippen molar-refractivity contribution in [3.63, 3.8) is 0 Å². The number of rotatable bonds is 24. The second kappa shape index (κ2) is 25.0. The second-order valence-corrected chi connectivity index (χ2v) is 8.96. The number of nitriles is 1. The van der Waals surface area contributed by atoms with Crippen molar-refractivity contribution in [1.82, 2.24) is 5.32 Å². The van der Waals surface area contributed by atoms with E-state index in [-0.39, 0.29) is 37.5 Å². The van der Waals surface area contributed by atoms with Crippen LogP contribution in [0.1, 0.15) is 85.0 Å². The minimum absolute atomic E-state index is 0.130. The highest BCUT2D eigenvalue weighted by Gasteiger charge is 2.14. The van der Waals surface area contributed by atoms with Crippen molar-refractivity contribution in [3.8, 4) is 6.26 Å². The number of isocyanates is 1. The Morgan fingerprint density at radius 1 is 0.838 bits per heavy atom. The first-order chi connectivity index (χ1) is 17.9. The number of carbonyl (C=O) groups is 2. The van der Waals surface area contributed by atoms with Gasteiger partial charge in [0.25, 0.3) is 6.26 Å². The highest BCUT2D eigenvalue weighted by molar-refractivity contribution is 5.69. The predicted octanol–water partition coefficient (Wildman–Crippen LogP) is 4.19. The van der Waals surface area contributed by atoms with E-state index in [1.165, 1.54) is 6.08 Å². The lowest BCUT2D eigenvalue weighted by molar-refractivity contribution is -0.153. The van der Waals surface area contributed by atoms with Crippen molar-refractivity contribution in [2.45, 2.75) is 103 Å². The number of nitrogens with zero attached hydrogens (tertiary/aromatic N) is 2. The molecule has 212 valence electrons. The maximum absolute atomic E-state index is 11.9. The molecule has 1 N–H and O–H groups in total. The summed E-state index contributed by atoms with van der Waals surface area (Å²) < 4.78 is 26.5. The Morgan fingerprint density at radius 2 is 1.46 bits per heavy atom. The van der Waals surface area contributed by atoms with Gasteiger partial charge in [-0.1, -0.05) is 25.7 Å². The van der Waals surface area contributed by atoms with Crippen LogP contribution in [0.4, 0.5) is 4.79 Å². The normalized spacial score (nSPS) is 12.9. The summed E-state index contributed by atoms with van der Waals surface area (Å²) in [7, 11) is 0. The summed E-state index contributed by atoms with van der Waals surface area (Å²) in [5.41, 5.74) is 0. The van der Waals surface area contributed by atoms with E-state index in [0.717, 1.165) is 57.8 Å². The molecule has 1 amide bonds. The molecule has 37 heavy (non-hydrogen) atoms. The Labute approximate surface area is 221 Å². The summed E-state index contributed by atoms with van der Waals surface area (Å²) in [5.74, 6) is -0.236. The van der Waals surface area contributed by atoms with Gasteiger partial charge in [0.1, 0.15) is 19.3 Å². The Balaban J connectivity index is 3.69. The molecule has 0 fully saturated rings. The number of carbonyl (C=O) groups excluding carboxylic acids is 3. The van der Waals surface area contributed by atoms with Crippen LogP contribution in [0.2, 0.25) is 0 Å². The molecule has 0 aliphatic carbocycles. The first-order valence-electron chi connectivity index (χ1n) is 13.3. The molecule has 0 aliphatic heterocycles. The predicted molar refractivity (Wildman–Crippen MR) is 136 cm³/mol. The van der Waals surface area contributed by atoms with Gasteiger partial charge in [-0.3, -0.25) is 4.79 Å². The zero-order chi connectivity index (χ0) is 27.6. The lowest BCUT2D eigenvalue weighted by atomic mass is 10.1. The SMILES string of the molecule is CC(COC(=O)NCCCCCCOC#N)OCC(C)OCC(C)OC(=O)CCCCCCCN=C=O. The van der Waals surface area contributed by atoms with Crippen LogP contribution < -0.4 is 5.32 Å². The maximum atomic E-state index is 11.9. The molecular formula is C26H45N3O8. The minimum Gasteiger partial charge on any atom is -0.460 e. The summed E-state index contributed by atoms with van der Waals surface area (Å²) in [6, 6.07) is 0. The van der Waals surface area contributed by atoms with E-state index in [0.29, 0.717) is 32.7 Å². The molecule has 0 aromatic rings. The first kappa shape index (κ1) is 34.3. The average Bonchev–Trinajstić information content (AvgIpc) is 2.88. The number of amides is 1. The van der Waals surface area contributed by atoms with Crippen LogP contribution in [0.25, 0.3) is 0 Å². The molecule has 0 saturated heterocycles. The van der Waals surface area contributed by atoms with Crippen LogP contribution in [-0.2, 0) is 33.3 Å². The van der Waals surface area contributed by atoms with E-state index in [2.05, 4.69) is 15.0 Å².